The quantitative estimate of drug-likeness (QED) is 0.741. The van der Waals surface area contributed by atoms with E-state index in [0.29, 0.717) is 5.88 Å². The van der Waals surface area contributed by atoms with Crippen LogP contribution in [0.4, 0.5) is 0 Å². The molecule has 0 spiro atoms. The van der Waals surface area contributed by atoms with Gasteiger partial charge < -0.3 is 4.74 Å². The van der Waals surface area contributed by atoms with Crippen LogP contribution >= 0.6 is 0 Å². The van der Waals surface area contributed by atoms with Gasteiger partial charge in [-0.3, -0.25) is 0 Å². The third-order valence-electron chi connectivity index (χ3n) is 2.38. The monoisotopic (exact) mass is 199 g/mol. The normalized spacial score (nSPS) is 10.0. The molecule has 0 fully saturated rings. The highest BCUT2D eigenvalue weighted by Gasteiger charge is 2.03. The van der Waals surface area contributed by atoms with Crippen molar-refractivity contribution < 1.29 is 4.74 Å². The highest BCUT2D eigenvalue weighted by atomic mass is 16.5. The lowest BCUT2D eigenvalue weighted by molar-refractivity contribution is 0.397. The SMILES string of the molecule is COc1cc(C)c(-c2ccccc2)cn1. The van der Waals surface area contributed by atoms with Gasteiger partial charge in [0.1, 0.15) is 0 Å². The lowest BCUT2D eigenvalue weighted by Gasteiger charge is -2.06. The van der Waals surface area contributed by atoms with E-state index < -0.39 is 0 Å². The van der Waals surface area contributed by atoms with Crippen molar-refractivity contribution in [1.82, 2.24) is 4.98 Å². The maximum absolute atomic E-state index is 5.07. The lowest BCUT2D eigenvalue weighted by Crippen LogP contribution is -1.90. The van der Waals surface area contributed by atoms with Crippen molar-refractivity contribution in [3.8, 4) is 17.0 Å². The summed E-state index contributed by atoms with van der Waals surface area (Å²) in [5.74, 6) is 0.659. The molecule has 2 rings (SSSR count). The first-order chi connectivity index (χ1) is 7.31. The molecular weight excluding hydrogens is 186 g/mol. The van der Waals surface area contributed by atoms with Crippen LogP contribution in [0.3, 0.4) is 0 Å². The number of aromatic nitrogens is 1. The number of hydrogen-bond donors (Lipinski definition) is 0. The molecule has 1 aromatic carbocycles. The first kappa shape index (κ1) is 9.71. The van der Waals surface area contributed by atoms with E-state index in [9.17, 15) is 0 Å². The fraction of sp³-hybridized carbons (Fsp3) is 0.154. The van der Waals surface area contributed by atoms with Crippen LogP contribution in [0.25, 0.3) is 11.1 Å². The Balaban J connectivity index is 2.46. The smallest absolute Gasteiger partial charge is 0.213 e. The molecule has 1 heterocycles. The molecule has 0 aliphatic rings. The van der Waals surface area contributed by atoms with Gasteiger partial charge in [0.2, 0.25) is 5.88 Å². The van der Waals surface area contributed by atoms with Crippen LogP contribution in [-0.4, -0.2) is 12.1 Å². The Bertz CT molecular complexity index is 451. The molecular formula is C13H13NO. The van der Waals surface area contributed by atoms with Gasteiger partial charge in [-0.15, -0.1) is 0 Å². The Labute approximate surface area is 89.6 Å². The molecule has 2 aromatic rings. The maximum Gasteiger partial charge on any atom is 0.213 e. The Morgan fingerprint density at radius 1 is 1.13 bits per heavy atom. The van der Waals surface area contributed by atoms with E-state index in [2.05, 4.69) is 24.0 Å². The van der Waals surface area contributed by atoms with E-state index in [1.807, 2.05) is 30.5 Å². The van der Waals surface area contributed by atoms with E-state index in [1.165, 1.54) is 11.1 Å². The summed E-state index contributed by atoms with van der Waals surface area (Å²) in [5.41, 5.74) is 3.51. The maximum atomic E-state index is 5.07. The van der Waals surface area contributed by atoms with Crippen LogP contribution in [0, 0.1) is 6.92 Å². The average molecular weight is 199 g/mol. The zero-order valence-corrected chi connectivity index (χ0v) is 8.90. The van der Waals surface area contributed by atoms with E-state index >= 15 is 0 Å². The number of pyridine rings is 1. The summed E-state index contributed by atoms with van der Waals surface area (Å²) in [4.78, 5) is 4.21. The lowest BCUT2D eigenvalue weighted by atomic mass is 10.0. The largest absolute Gasteiger partial charge is 0.481 e. The van der Waals surface area contributed by atoms with Crippen molar-refractivity contribution in [3.63, 3.8) is 0 Å². The molecule has 0 atom stereocenters. The van der Waals surface area contributed by atoms with E-state index in [0.717, 1.165) is 5.56 Å². The fourth-order valence-corrected chi connectivity index (χ4v) is 1.56. The topological polar surface area (TPSA) is 22.1 Å². The zero-order chi connectivity index (χ0) is 10.7. The number of methoxy groups -OCH3 is 1. The van der Waals surface area contributed by atoms with Crippen LogP contribution in [0.2, 0.25) is 0 Å². The number of nitrogens with zero attached hydrogens (tertiary/aromatic N) is 1. The van der Waals surface area contributed by atoms with Crippen LogP contribution in [0.1, 0.15) is 5.56 Å². The van der Waals surface area contributed by atoms with Crippen molar-refractivity contribution in [3.05, 3.63) is 48.2 Å². The van der Waals surface area contributed by atoms with Gasteiger partial charge in [0.25, 0.3) is 0 Å². The predicted octanol–water partition coefficient (Wildman–Crippen LogP) is 3.07. The summed E-state index contributed by atoms with van der Waals surface area (Å²) < 4.78 is 5.07. The Morgan fingerprint density at radius 2 is 1.87 bits per heavy atom. The van der Waals surface area contributed by atoms with Crippen molar-refractivity contribution >= 4 is 0 Å². The molecule has 0 radical (unpaired) electrons. The number of aryl methyl sites for hydroxylation is 1. The van der Waals surface area contributed by atoms with Gasteiger partial charge in [-0.1, -0.05) is 30.3 Å². The molecule has 0 unspecified atom stereocenters. The molecule has 0 saturated heterocycles. The summed E-state index contributed by atoms with van der Waals surface area (Å²) in [6, 6.07) is 12.2. The predicted molar refractivity (Wildman–Crippen MR) is 61.0 cm³/mol. The number of ether oxygens (including phenoxy) is 1. The molecule has 0 amide bonds. The number of benzene rings is 1. The molecule has 0 saturated carbocycles. The summed E-state index contributed by atoms with van der Waals surface area (Å²) >= 11 is 0. The van der Waals surface area contributed by atoms with Gasteiger partial charge >= 0.3 is 0 Å². The van der Waals surface area contributed by atoms with Gasteiger partial charge in [0.15, 0.2) is 0 Å². The van der Waals surface area contributed by atoms with Gasteiger partial charge in [-0.05, 0) is 18.1 Å². The van der Waals surface area contributed by atoms with E-state index in [4.69, 9.17) is 4.74 Å². The standard InChI is InChI=1S/C13H13NO/c1-10-8-13(15-2)14-9-12(10)11-6-4-3-5-7-11/h3-9H,1-2H3. The summed E-state index contributed by atoms with van der Waals surface area (Å²) in [5, 5.41) is 0. The van der Waals surface area contributed by atoms with Crippen LogP contribution in [-0.2, 0) is 0 Å². The third-order valence-corrected chi connectivity index (χ3v) is 2.38. The molecule has 0 N–H and O–H groups in total. The van der Waals surface area contributed by atoms with Gasteiger partial charge in [0, 0.05) is 17.8 Å². The molecule has 76 valence electrons. The molecule has 2 nitrogen and oxygen atoms in total. The molecule has 0 bridgehead atoms. The summed E-state index contributed by atoms with van der Waals surface area (Å²) in [6.45, 7) is 2.06. The Kier molecular flexibility index (Phi) is 2.68. The highest BCUT2D eigenvalue weighted by molar-refractivity contribution is 5.66. The number of hydrogen-bond acceptors (Lipinski definition) is 2. The first-order valence-electron chi connectivity index (χ1n) is 4.87. The molecule has 2 heteroatoms. The second-order valence-corrected chi connectivity index (χ2v) is 3.41. The minimum atomic E-state index is 0.659. The molecule has 15 heavy (non-hydrogen) atoms. The Hall–Kier alpha value is -1.83. The zero-order valence-electron chi connectivity index (χ0n) is 8.90. The van der Waals surface area contributed by atoms with Crippen LogP contribution < -0.4 is 4.74 Å². The van der Waals surface area contributed by atoms with Gasteiger partial charge in [0.05, 0.1) is 7.11 Å². The average Bonchev–Trinajstić information content (AvgIpc) is 2.30. The molecule has 0 aliphatic heterocycles. The van der Waals surface area contributed by atoms with E-state index in [1.54, 1.807) is 7.11 Å². The van der Waals surface area contributed by atoms with Crippen LogP contribution in [0.15, 0.2) is 42.6 Å². The minimum absolute atomic E-state index is 0.659. The second kappa shape index (κ2) is 4.13. The fourth-order valence-electron chi connectivity index (χ4n) is 1.56. The van der Waals surface area contributed by atoms with Crippen LogP contribution in [0.5, 0.6) is 5.88 Å². The van der Waals surface area contributed by atoms with Crippen molar-refractivity contribution in [2.45, 2.75) is 6.92 Å². The minimum Gasteiger partial charge on any atom is -0.481 e. The first-order valence-corrected chi connectivity index (χ1v) is 4.87. The van der Waals surface area contributed by atoms with Gasteiger partial charge in [-0.2, -0.15) is 0 Å². The van der Waals surface area contributed by atoms with Gasteiger partial charge in [-0.25, -0.2) is 4.98 Å². The highest BCUT2D eigenvalue weighted by Crippen LogP contribution is 2.24. The van der Waals surface area contributed by atoms with E-state index in [-0.39, 0.29) is 0 Å². The molecule has 1 aromatic heterocycles. The summed E-state index contributed by atoms with van der Waals surface area (Å²) in [7, 11) is 1.63. The van der Waals surface area contributed by atoms with Crippen molar-refractivity contribution in [1.29, 1.82) is 0 Å². The summed E-state index contributed by atoms with van der Waals surface area (Å²) in [6.07, 6.45) is 1.85. The van der Waals surface area contributed by atoms with Crippen molar-refractivity contribution in [2.24, 2.45) is 0 Å². The third kappa shape index (κ3) is 1.99. The molecule has 0 aliphatic carbocycles. The number of rotatable bonds is 2. The Morgan fingerprint density at radius 3 is 2.47 bits per heavy atom. The second-order valence-electron chi connectivity index (χ2n) is 3.41. The van der Waals surface area contributed by atoms with Crippen molar-refractivity contribution in [2.75, 3.05) is 7.11 Å².